The average Bonchev–Trinajstić information content (AvgIpc) is 2.57. The summed E-state index contributed by atoms with van der Waals surface area (Å²) in [5.41, 5.74) is -0.246. The molecule has 0 saturated carbocycles. The van der Waals surface area contributed by atoms with Crippen molar-refractivity contribution in [2.24, 2.45) is 0 Å². The molecule has 138 valence electrons. The van der Waals surface area contributed by atoms with E-state index >= 15 is 0 Å². The van der Waals surface area contributed by atoms with E-state index in [-0.39, 0.29) is 44.4 Å². The molecule has 0 aliphatic heterocycles. The van der Waals surface area contributed by atoms with Crippen LogP contribution in [0.25, 0.3) is 21.5 Å². The first kappa shape index (κ1) is 18.0. The van der Waals surface area contributed by atoms with Crippen LogP contribution in [0.3, 0.4) is 0 Å². The maximum Gasteiger partial charge on any atom is 0.335 e. The third-order valence-corrected chi connectivity index (χ3v) is 3.87. The summed E-state index contributed by atoms with van der Waals surface area (Å²) in [4.78, 5) is 34.2. The lowest BCUT2D eigenvalue weighted by Crippen LogP contribution is -2.05. The Hall–Kier alpha value is -3.81. The highest BCUT2D eigenvalue weighted by Crippen LogP contribution is 2.48. The highest BCUT2D eigenvalue weighted by atomic mass is 16.5. The zero-order valence-electron chi connectivity index (χ0n) is 14.3. The van der Waals surface area contributed by atoms with Gasteiger partial charge in [-0.3, -0.25) is 9.59 Å². The third-order valence-electron chi connectivity index (χ3n) is 3.87. The molecule has 0 fully saturated rings. The maximum absolute atomic E-state index is 11.4. The molecule has 0 unspecified atom stereocenters. The Kier molecular flexibility index (Phi) is 4.32. The van der Waals surface area contributed by atoms with E-state index < -0.39 is 23.7 Å². The van der Waals surface area contributed by atoms with Crippen molar-refractivity contribution in [2.75, 3.05) is 0 Å². The van der Waals surface area contributed by atoms with Crippen molar-refractivity contribution in [1.82, 2.24) is 0 Å². The van der Waals surface area contributed by atoms with E-state index in [2.05, 4.69) is 0 Å². The Morgan fingerprint density at radius 3 is 2.00 bits per heavy atom. The van der Waals surface area contributed by atoms with E-state index in [4.69, 9.17) is 9.47 Å². The Labute approximate surface area is 152 Å². The average molecular weight is 370 g/mol. The zero-order valence-corrected chi connectivity index (χ0v) is 14.3. The molecule has 3 aromatic rings. The normalized spacial score (nSPS) is 10.7. The van der Waals surface area contributed by atoms with E-state index in [1.165, 1.54) is 25.1 Å². The Morgan fingerprint density at radius 2 is 1.41 bits per heavy atom. The monoisotopic (exact) mass is 370 g/mol. The molecule has 0 aliphatic carbocycles. The van der Waals surface area contributed by atoms with Gasteiger partial charge in [-0.1, -0.05) is 12.1 Å². The lowest BCUT2D eigenvalue weighted by molar-refractivity contribution is -0.132. The molecule has 3 aromatic carbocycles. The van der Waals surface area contributed by atoms with Gasteiger partial charge >= 0.3 is 17.9 Å². The van der Waals surface area contributed by atoms with Crippen molar-refractivity contribution in [3.8, 4) is 23.0 Å². The molecule has 3 rings (SSSR count). The highest BCUT2D eigenvalue weighted by molar-refractivity contribution is 6.16. The second-order valence-electron chi connectivity index (χ2n) is 5.77. The molecule has 0 saturated heterocycles. The van der Waals surface area contributed by atoms with Crippen molar-refractivity contribution < 1.29 is 39.2 Å². The van der Waals surface area contributed by atoms with Crippen LogP contribution in [-0.4, -0.2) is 33.2 Å². The van der Waals surface area contributed by atoms with Crippen LogP contribution in [-0.2, 0) is 9.59 Å². The van der Waals surface area contributed by atoms with Crippen LogP contribution in [0.15, 0.2) is 30.3 Å². The van der Waals surface area contributed by atoms with Crippen LogP contribution < -0.4 is 9.47 Å². The molecule has 0 radical (unpaired) electrons. The molecular formula is C19H14O8. The lowest BCUT2D eigenvalue weighted by Gasteiger charge is -2.15. The van der Waals surface area contributed by atoms with Crippen molar-refractivity contribution in [3.63, 3.8) is 0 Å². The highest BCUT2D eigenvalue weighted by Gasteiger charge is 2.23. The smallest absolute Gasteiger partial charge is 0.335 e. The minimum absolute atomic E-state index is 0.00853. The number of carbonyl (C=O) groups excluding carboxylic acids is 2. The van der Waals surface area contributed by atoms with Crippen LogP contribution in [0.4, 0.5) is 0 Å². The second kappa shape index (κ2) is 6.49. The summed E-state index contributed by atoms with van der Waals surface area (Å²) in [5.74, 6) is -3.73. The number of hydrogen-bond acceptors (Lipinski definition) is 7. The van der Waals surface area contributed by atoms with Gasteiger partial charge in [0.2, 0.25) is 0 Å². The summed E-state index contributed by atoms with van der Waals surface area (Å²) >= 11 is 0. The summed E-state index contributed by atoms with van der Waals surface area (Å²) < 4.78 is 10.1. The summed E-state index contributed by atoms with van der Waals surface area (Å²) in [6.45, 7) is 2.29. The van der Waals surface area contributed by atoms with Crippen LogP contribution >= 0.6 is 0 Å². The minimum Gasteiger partial charge on any atom is -0.507 e. The standard InChI is InChI=1S/C19H14O8/c1-8(20)26-13-5-3-4-11-15(13)18(23)16-12(17(11)22)6-10(19(24)25)7-14(16)27-9(2)21/h3-7,22-23H,1-2H3,(H,24,25). The molecule has 0 aromatic heterocycles. The number of ether oxygens (including phenoxy) is 2. The van der Waals surface area contributed by atoms with Crippen LogP contribution in [0.5, 0.6) is 23.0 Å². The van der Waals surface area contributed by atoms with Crippen molar-refractivity contribution in [2.45, 2.75) is 13.8 Å². The first-order valence-electron chi connectivity index (χ1n) is 7.75. The van der Waals surface area contributed by atoms with Gasteiger partial charge in [0, 0.05) is 24.6 Å². The number of rotatable bonds is 3. The number of carboxylic acids is 1. The Bertz CT molecular complexity index is 1130. The van der Waals surface area contributed by atoms with Gasteiger partial charge in [0.15, 0.2) is 0 Å². The van der Waals surface area contributed by atoms with Crippen molar-refractivity contribution in [1.29, 1.82) is 0 Å². The quantitative estimate of drug-likeness (QED) is 0.278. The predicted octanol–water partition coefficient (Wildman–Crippen LogP) is 2.95. The van der Waals surface area contributed by atoms with Gasteiger partial charge in [-0.15, -0.1) is 0 Å². The lowest BCUT2D eigenvalue weighted by atomic mass is 9.97. The first-order chi connectivity index (χ1) is 12.7. The number of phenolic OH excluding ortho intramolecular Hbond substituents is 2. The molecule has 27 heavy (non-hydrogen) atoms. The number of benzene rings is 3. The molecule has 0 atom stereocenters. The van der Waals surface area contributed by atoms with Crippen LogP contribution in [0.2, 0.25) is 0 Å². The van der Waals surface area contributed by atoms with Crippen LogP contribution in [0.1, 0.15) is 24.2 Å². The van der Waals surface area contributed by atoms with Gasteiger partial charge in [0.1, 0.15) is 23.0 Å². The number of carboxylic acid groups (broad SMARTS) is 1. The van der Waals surface area contributed by atoms with E-state index in [9.17, 15) is 29.7 Å². The summed E-state index contributed by atoms with van der Waals surface area (Å²) in [7, 11) is 0. The van der Waals surface area contributed by atoms with E-state index in [1.807, 2.05) is 0 Å². The van der Waals surface area contributed by atoms with E-state index in [0.717, 1.165) is 19.1 Å². The summed E-state index contributed by atoms with van der Waals surface area (Å²) in [5, 5.41) is 30.8. The van der Waals surface area contributed by atoms with Crippen molar-refractivity contribution in [3.05, 3.63) is 35.9 Å². The Balaban J connectivity index is 2.52. The summed E-state index contributed by atoms with van der Waals surface area (Å²) in [6, 6.07) is 6.60. The number of aromatic hydroxyl groups is 2. The molecule has 3 N–H and O–H groups in total. The van der Waals surface area contributed by atoms with Gasteiger partial charge in [-0.25, -0.2) is 4.79 Å². The van der Waals surface area contributed by atoms with Gasteiger partial charge in [-0.05, 0) is 18.2 Å². The Morgan fingerprint density at radius 1 is 0.815 bits per heavy atom. The fourth-order valence-electron chi connectivity index (χ4n) is 2.89. The largest absolute Gasteiger partial charge is 0.507 e. The van der Waals surface area contributed by atoms with Crippen LogP contribution in [0, 0.1) is 0 Å². The van der Waals surface area contributed by atoms with Gasteiger partial charge in [0.05, 0.1) is 16.3 Å². The number of fused-ring (bicyclic) bond motifs is 2. The van der Waals surface area contributed by atoms with Gasteiger partial charge < -0.3 is 24.8 Å². The molecule has 0 aliphatic rings. The molecule has 0 heterocycles. The minimum atomic E-state index is -1.31. The number of aromatic carboxylic acids is 1. The van der Waals surface area contributed by atoms with Crippen molar-refractivity contribution >= 4 is 39.5 Å². The molecule has 8 heteroatoms. The summed E-state index contributed by atoms with van der Waals surface area (Å²) in [6.07, 6.45) is 0. The zero-order chi connectivity index (χ0) is 19.9. The van der Waals surface area contributed by atoms with Gasteiger partial charge in [-0.2, -0.15) is 0 Å². The first-order valence-corrected chi connectivity index (χ1v) is 7.75. The predicted molar refractivity (Wildman–Crippen MR) is 94.4 cm³/mol. The molecule has 0 bridgehead atoms. The third kappa shape index (κ3) is 3.08. The SMILES string of the molecule is CC(=O)Oc1cccc2c(O)c3cc(C(=O)O)cc(OC(C)=O)c3c(O)c12. The van der Waals surface area contributed by atoms with Gasteiger partial charge in [0.25, 0.3) is 0 Å². The molecule has 0 spiro atoms. The second-order valence-corrected chi connectivity index (χ2v) is 5.77. The molecule has 8 nitrogen and oxygen atoms in total. The van der Waals surface area contributed by atoms with E-state index in [1.54, 1.807) is 0 Å². The molecule has 0 amide bonds. The number of hydrogen-bond donors (Lipinski definition) is 3. The molecular weight excluding hydrogens is 356 g/mol. The fourth-order valence-corrected chi connectivity index (χ4v) is 2.89. The topological polar surface area (TPSA) is 130 Å². The fraction of sp³-hybridized carbons (Fsp3) is 0.105. The van der Waals surface area contributed by atoms with E-state index in [0.29, 0.717) is 0 Å². The number of phenols is 2. The number of carbonyl (C=O) groups is 3. The maximum atomic E-state index is 11.4. The number of esters is 2.